The summed E-state index contributed by atoms with van der Waals surface area (Å²) in [5.74, 6) is 1.61. The van der Waals surface area contributed by atoms with Crippen LogP contribution in [0.3, 0.4) is 0 Å². The van der Waals surface area contributed by atoms with Crippen LogP contribution in [0.25, 0.3) is 0 Å². The standard InChI is InChI=1S/C21H32N6O/c1-5-14-28-16-12-10-15(11-13-16)19(23-18-9-7-6-8-17(18)22)20-24-25-26-27(20)21(2,3)4/h5,10-13,17-19,23H,1,6-9,14,22H2,2-4H3. The molecule has 0 bridgehead atoms. The molecule has 3 N–H and O–H groups in total. The fourth-order valence-corrected chi connectivity index (χ4v) is 3.66. The number of hydrogen-bond donors (Lipinski definition) is 2. The van der Waals surface area contributed by atoms with Gasteiger partial charge in [0.2, 0.25) is 0 Å². The molecule has 7 heteroatoms. The van der Waals surface area contributed by atoms with Gasteiger partial charge in [0.15, 0.2) is 5.82 Å². The number of rotatable bonds is 7. The summed E-state index contributed by atoms with van der Waals surface area (Å²) in [6.07, 6.45) is 6.23. The zero-order valence-corrected chi connectivity index (χ0v) is 17.1. The molecule has 1 aromatic heterocycles. The maximum absolute atomic E-state index is 6.41. The van der Waals surface area contributed by atoms with E-state index >= 15 is 0 Å². The highest BCUT2D eigenvalue weighted by atomic mass is 16.5. The van der Waals surface area contributed by atoms with E-state index in [1.807, 2.05) is 16.8 Å². The number of aromatic nitrogens is 4. The molecule has 1 saturated carbocycles. The molecule has 2 aromatic rings. The average molecular weight is 385 g/mol. The van der Waals surface area contributed by atoms with E-state index < -0.39 is 0 Å². The Balaban J connectivity index is 1.92. The first-order chi connectivity index (χ1) is 13.4. The van der Waals surface area contributed by atoms with E-state index in [4.69, 9.17) is 10.5 Å². The highest BCUT2D eigenvalue weighted by molar-refractivity contribution is 5.32. The van der Waals surface area contributed by atoms with Gasteiger partial charge in [-0.25, -0.2) is 4.68 Å². The Labute approximate surface area is 167 Å². The Bertz CT molecular complexity index is 764. The fraction of sp³-hybridized carbons (Fsp3) is 0.571. The van der Waals surface area contributed by atoms with Gasteiger partial charge in [-0.3, -0.25) is 5.32 Å². The van der Waals surface area contributed by atoms with Gasteiger partial charge >= 0.3 is 0 Å². The van der Waals surface area contributed by atoms with E-state index in [1.165, 1.54) is 12.8 Å². The summed E-state index contributed by atoms with van der Waals surface area (Å²) >= 11 is 0. The molecule has 3 rings (SSSR count). The van der Waals surface area contributed by atoms with Gasteiger partial charge in [0.25, 0.3) is 0 Å². The summed E-state index contributed by atoms with van der Waals surface area (Å²) in [7, 11) is 0. The van der Waals surface area contributed by atoms with Crippen molar-refractivity contribution in [1.29, 1.82) is 0 Å². The molecule has 7 nitrogen and oxygen atoms in total. The average Bonchev–Trinajstić information content (AvgIpc) is 3.16. The van der Waals surface area contributed by atoms with Gasteiger partial charge in [0, 0.05) is 12.1 Å². The number of nitrogens with zero attached hydrogens (tertiary/aromatic N) is 4. The third-order valence-electron chi connectivity index (χ3n) is 5.17. The van der Waals surface area contributed by atoms with Crippen molar-refractivity contribution in [1.82, 2.24) is 25.5 Å². The van der Waals surface area contributed by atoms with E-state index in [9.17, 15) is 0 Å². The minimum Gasteiger partial charge on any atom is -0.490 e. The summed E-state index contributed by atoms with van der Waals surface area (Å²) in [6, 6.07) is 8.31. The van der Waals surface area contributed by atoms with Crippen LogP contribution in [0, 0.1) is 0 Å². The van der Waals surface area contributed by atoms with Crippen molar-refractivity contribution in [2.24, 2.45) is 5.73 Å². The zero-order valence-electron chi connectivity index (χ0n) is 17.1. The SMILES string of the molecule is C=CCOc1ccc(C(NC2CCCCC2N)c2nnnn2C(C)(C)C)cc1. The summed E-state index contributed by atoms with van der Waals surface area (Å²) < 4.78 is 7.51. The summed E-state index contributed by atoms with van der Waals surface area (Å²) in [5.41, 5.74) is 7.28. The monoisotopic (exact) mass is 384 g/mol. The van der Waals surface area contributed by atoms with Gasteiger partial charge < -0.3 is 10.5 Å². The van der Waals surface area contributed by atoms with Gasteiger partial charge in [-0.05, 0) is 61.7 Å². The number of ether oxygens (including phenoxy) is 1. The van der Waals surface area contributed by atoms with Crippen LogP contribution in [0.4, 0.5) is 0 Å². The second-order valence-electron chi connectivity index (χ2n) is 8.44. The van der Waals surface area contributed by atoms with Crippen LogP contribution in [0.15, 0.2) is 36.9 Å². The second-order valence-corrected chi connectivity index (χ2v) is 8.44. The maximum Gasteiger partial charge on any atom is 0.173 e. The van der Waals surface area contributed by atoms with Crippen molar-refractivity contribution in [3.63, 3.8) is 0 Å². The molecular formula is C21H32N6O. The van der Waals surface area contributed by atoms with Crippen molar-refractivity contribution in [2.75, 3.05) is 6.61 Å². The van der Waals surface area contributed by atoms with Crippen molar-refractivity contribution >= 4 is 0 Å². The number of nitrogens with two attached hydrogens (primary N) is 1. The molecule has 1 aliphatic carbocycles. The molecule has 0 spiro atoms. The first-order valence-electron chi connectivity index (χ1n) is 10.0. The minimum atomic E-state index is -0.222. The molecule has 1 heterocycles. The Hall–Kier alpha value is -2.25. The largest absolute Gasteiger partial charge is 0.490 e. The third kappa shape index (κ3) is 4.77. The third-order valence-corrected chi connectivity index (χ3v) is 5.17. The van der Waals surface area contributed by atoms with Crippen molar-refractivity contribution in [3.05, 3.63) is 48.3 Å². The van der Waals surface area contributed by atoms with E-state index in [2.05, 4.69) is 60.3 Å². The number of nitrogens with one attached hydrogen (secondary N) is 1. The maximum atomic E-state index is 6.41. The van der Waals surface area contributed by atoms with Crippen molar-refractivity contribution in [3.8, 4) is 5.75 Å². The van der Waals surface area contributed by atoms with Crippen molar-refractivity contribution < 1.29 is 4.74 Å². The van der Waals surface area contributed by atoms with Gasteiger partial charge in [-0.1, -0.05) is 37.6 Å². The van der Waals surface area contributed by atoms with Crippen LogP contribution >= 0.6 is 0 Å². The molecule has 0 aliphatic heterocycles. The quantitative estimate of drug-likeness (QED) is 0.713. The van der Waals surface area contributed by atoms with Crippen LogP contribution < -0.4 is 15.8 Å². The number of hydrogen-bond acceptors (Lipinski definition) is 6. The van der Waals surface area contributed by atoms with Gasteiger partial charge in [0.1, 0.15) is 12.4 Å². The number of tetrazole rings is 1. The van der Waals surface area contributed by atoms with Crippen LogP contribution in [-0.2, 0) is 5.54 Å². The molecule has 28 heavy (non-hydrogen) atoms. The highest BCUT2D eigenvalue weighted by Crippen LogP contribution is 2.28. The first-order valence-corrected chi connectivity index (χ1v) is 10.0. The van der Waals surface area contributed by atoms with E-state index in [-0.39, 0.29) is 23.7 Å². The Kier molecular flexibility index (Phi) is 6.46. The molecule has 0 amide bonds. The molecule has 1 aromatic carbocycles. The lowest BCUT2D eigenvalue weighted by Gasteiger charge is -2.34. The second kappa shape index (κ2) is 8.84. The summed E-state index contributed by atoms with van der Waals surface area (Å²) in [6.45, 7) is 10.5. The van der Waals surface area contributed by atoms with Crippen LogP contribution in [0.1, 0.15) is 63.9 Å². The molecule has 1 fully saturated rings. The lowest BCUT2D eigenvalue weighted by atomic mass is 9.89. The molecule has 152 valence electrons. The van der Waals surface area contributed by atoms with E-state index in [0.717, 1.165) is 30.0 Å². The minimum absolute atomic E-state index is 0.142. The van der Waals surface area contributed by atoms with E-state index in [1.54, 1.807) is 6.08 Å². The van der Waals surface area contributed by atoms with Gasteiger partial charge in [-0.15, -0.1) is 5.10 Å². The lowest BCUT2D eigenvalue weighted by Crippen LogP contribution is -2.49. The van der Waals surface area contributed by atoms with Gasteiger partial charge in [-0.2, -0.15) is 0 Å². The highest BCUT2D eigenvalue weighted by Gasteiger charge is 2.31. The molecule has 3 unspecified atom stereocenters. The lowest BCUT2D eigenvalue weighted by molar-refractivity contribution is 0.287. The first kappa shape index (κ1) is 20.5. The summed E-state index contributed by atoms with van der Waals surface area (Å²) in [5, 5.41) is 16.3. The van der Waals surface area contributed by atoms with Crippen molar-refractivity contribution in [2.45, 2.75) is 70.1 Å². The zero-order chi connectivity index (χ0) is 20.1. The Morgan fingerprint density at radius 2 is 2.00 bits per heavy atom. The van der Waals surface area contributed by atoms with Crippen LogP contribution in [0.2, 0.25) is 0 Å². The predicted octanol–water partition coefficient (Wildman–Crippen LogP) is 2.94. The topological polar surface area (TPSA) is 90.9 Å². The van der Waals surface area contributed by atoms with Gasteiger partial charge in [0.05, 0.1) is 11.6 Å². The van der Waals surface area contributed by atoms with Crippen LogP contribution in [-0.4, -0.2) is 38.9 Å². The molecule has 0 radical (unpaired) electrons. The normalized spacial score (nSPS) is 21.3. The summed E-state index contributed by atoms with van der Waals surface area (Å²) in [4.78, 5) is 0. The fourth-order valence-electron chi connectivity index (χ4n) is 3.66. The predicted molar refractivity (Wildman–Crippen MR) is 110 cm³/mol. The Morgan fingerprint density at radius 3 is 2.64 bits per heavy atom. The number of benzene rings is 1. The Morgan fingerprint density at radius 1 is 1.29 bits per heavy atom. The van der Waals surface area contributed by atoms with Crippen LogP contribution in [0.5, 0.6) is 5.75 Å². The van der Waals surface area contributed by atoms with E-state index in [0.29, 0.717) is 6.61 Å². The molecular weight excluding hydrogens is 352 g/mol. The molecule has 0 saturated heterocycles. The molecule has 3 atom stereocenters. The molecule has 1 aliphatic rings. The smallest absolute Gasteiger partial charge is 0.173 e.